The number of hydrogen-bond acceptors (Lipinski definition) is 8. The summed E-state index contributed by atoms with van der Waals surface area (Å²) in [6.45, 7) is 0. The van der Waals surface area contributed by atoms with Crippen LogP contribution < -0.4 is 10.2 Å². The SMILES string of the molecule is O=C([O-])C[C@@H](C(=O)[O-])N1C(=O)/C(=C\c2ccc(-c3ccc(Br)cc3)o2)SC1=S. The Labute approximate surface area is 177 Å². The molecule has 3 rings (SSSR count). The molecule has 1 atom stereocenters. The van der Waals surface area contributed by atoms with Crippen molar-refractivity contribution in [3.05, 3.63) is 51.5 Å². The number of amides is 1. The number of nitrogens with zero attached hydrogens (tertiary/aromatic N) is 1. The summed E-state index contributed by atoms with van der Waals surface area (Å²) in [6, 6.07) is 9.09. The number of aliphatic carboxylic acids is 2. The number of rotatable bonds is 6. The van der Waals surface area contributed by atoms with Crippen LogP contribution >= 0.6 is 39.9 Å². The average molecular weight is 480 g/mol. The van der Waals surface area contributed by atoms with Gasteiger partial charge in [0.2, 0.25) is 0 Å². The van der Waals surface area contributed by atoms with Gasteiger partial charge in [0, 0.05) is 28.5 Å². The van der Waals surface area contributed by atoms with Crippen molar-refractivity contribution in [2.45, 2.75) is 12.5 Å². The molecule has 144 valence electrons. The Bertz CT molecular complexity index is 998. The lowest BCUT2D eigenvalue weighted by Gasteiger charge is -2.27. The van der Waals surface area contributed by atoms with Gasteiger partial charge in [0.25, 0.3) is 5.91 Å². The summed E-state index contributed by atoms with van der Waals surface area (Å²) in [5.41, 5.74) is 0.835. The van der Waals surface area contributed by atoms with Crippen LogP contribution in [0, 0.1) is 0 Å². The van der Waals surface area contributed by atoms with Gasteiger partial charge in [0.15, 0.2) is 0 Å². The van der Waals surface area contributed by atoms with Crippen molar-refractivity contribution >= 4 is 68.2 Å². The molecule has 0 N–H and O–H groups in total. The van der Waals surface area contributed by atoms with Gasteiger partial charge in [-0.2, -0.15) is 0 Å². The second-order valence-corrected chi connectivity index (χ2v) is 8.26. The minimum absolute atomic E-state index is 0.0774. The van der Waals surface area contributed by atoms with Crippen LogP contribution in [0.4, 0.5) is 0 Å². The monoisotopic (exact) mass is 479 g/mol. The van der Waals surface area contributed by atoms with Gasteiger partial charge in [-0.15, -0.1) is 0 Å². The molecule has 1 saturated heterocycles. The zero-order chi connectivity index (χ0) is 20.4. The molecule has 1 aromatic carbocycles. The molecule has 0 spiro atoms. The van der Waals surface area contributed by atoms with Crippen molar-refractivity contribution < 1.29 is 29.0 Å². The predicted molar refractivity (Wildman–Crippen MR) is 105 cm³/mol. The van der Waals surface area contributed by atoms with Crippen molar-refractivity contribution in [3.63, 3.8) is 0 Å². The molecule has 7 nitrogen and oxygen atoms in total. The van der Waals surface area contributed by atoms with E-state index in [2.05, 4.69) is 15.9 Å². The van der Waals surface area contributed by atoms with Crippen LogP contribution in [-0.2, 0) is 14.4 Å². The number of hydrogen-bond donors (Lipinski definition) is 0. The molecular formula is C18H10BrNO6S2-2. The highest BCUT2D eigenvalue weighted by Gasteiger charge is 2.38. The standard InChI is InChI=1S/C18H12BrNO6S2/c19-10-3-1-9(2-4-10)13-6-5-11(26-13)7-14-16(23)20(18(27)28-14)12(17(24)25)8-15(21)22/h1-7,12H,8H2,(H,21,22)(H,24,25)/p-2/b14-7+/t12-/m0/s1. The fraction of sp³-hybridized carbons (Fsp3) is 0.111. The van der Waals surface area contributed by atoms with E-state index >= 15 is 0 Å². The number of carbonyl (C=O) groups excluding carboxylic acids is 3. The average Bonchev–Trinajstić information content (AvgIpc) is 3.19. The molecule has 28 heavy (non-hydrogen) atoms. The van der Waals surface area contributed by atoms with Gasteiger partial charge in [-0.3, -0.25) is 9.69 Å². The normalized spacial score (nSPS) is 16.6. The lowest BCUT2D eigenvalue weighted by atomic mass is 10.2. The molecule has 1 amide bonds. The van der Waals surface area contributed by atoms with Crippen LogP contribution in [0.2, 0.25) is 0 Å². The zero-order valence-electron chi connectivity index (χ0n) is 13.9. The number of carboxylic acids is 2. The summed E-state index contributed by atoms with van der Waals surface area (Å²) in [5, 5.41) is 22.0. The summed E-state index contributed by atoms with van der Waals surface area (Å²) < 4.78 is 6.56. The van der Waals surface area contributed by atoms with Crippen LogP contribution in [0.3, 0.4) is 0 Å². The summed E-state index contributed by atoms with van der Waals surface area (Å²) in [6.07, 6.45) is 0.504. The summed E-state index contributed by atoms with van der Waals surface area (Å²) in [7, 11) is 0. The van der Waals surface area contributed by atoms with Gasteiger partial charge >= 0.3 is 0 Å². The lowest BCUT2D eigenvalue weighted by molar-refractivity contribution is -0.319. The van der Waals surface area contributed by atoms with E-state index in [1.165, 1.54) is 6.08 Å². The van der Waals surface area contributed by atoms with Gasteiger partial charge in [-0.1, -0.05) is 52.0 Å². The maximum atomic E-state index is 12.6. The van der Waals surface area contributed by atoms with Gasteiger partial charge in [-0.05, 0) is 24.3 Å². The van der Waals surface area contributed by atoms with Crippen molar-refractivity contribution in [2.75, 3.05) is 0 Å². The quantitative estimate of drug-likeness (QED) is 0.447. The Morgan fingerprint density at radius 1 is 1.21 bits per heavy atom. The third-order valence-electron chi connectivity index (χ3n) is 3.80. The Kier molecular flexibility index (Phi) is 6.01. The van der Waals surface area contributed by atoms with Gasteiger partial charge in [0.05, 0.1) is 16.9 Å². The molecule has 1 aromatic heterocycles. The van der Waals surface area contributed by atoms with E-state index in [9.17, 15) is 24.6 Å². The third kappa shape index (κ3) is 4.34. The molecule has 2 heterocycles. The van der Waals surface area contributed by atoms with E-state index in [1.807, 2.05) is 24.3 Å². The lowest BCUT2D eigenvalue weighted by Crippen LogP contribution is -2.52. The molecule has 0 saturated carbocycles. The van der Waals surface area contributed by atoms with Crippen molar-refractivity contribution in [2.24, 2.45) is 0 Å². The number of carboxylic acid groups (broad SMARTS) is 2. The predicted octanol–water partition coefficient (Wildman–Crippen LogP) is 1.17. The Hall–Kier alpha value is -2.43. The smallest absolute Gasteiger partial charge is 0.266 e. The third-order valence-corrected chi connectivity index (χ3v) is 5.66. The first kappa shape index (κ1) is 20.3. The van der Waals surface area contributed by atoms with Gasteiger partial charge in [0.1, 0.15) is 15.8 Å². The van der Waals surface area contributed by atoms with Crippen LogP contribution in [-0.4, -0.2) is 33.1 Å². The van der Waals surface area contributed by atoms with Gasteiger partial charge in [-0.25, -0.2) is 0 Å². The number of thiocarbonyl (C=S) groups is 1. The van der Waals surface area contributed by atoms with Crippen LogP contribution in [0.15, 0.2) is 50.2 Å². The second kappa shape index (κ2) is 8.29. The summed E-state index contributed by atoms with van der Waals surface area (Å²) in [4.78, 5) is 35.4. The first-order chi connectivity index (χ1) is 13.3. The number of benzene rings is 1. The largest absolute Gasteiger partial charge is 0.550 e. The van der Waals surface area contributed by atoms with E-state index in [0.29, 0.717) is 11.5 Å². The van der Waals surface area contributed by atoms with E-state index in [-0.39, 0.29) is 9.23 Å². The van der Waals surface area contributed by atoms with E-state index in [0.717, 1.165) is 26.7 Å². The first-order valence-electron chi connectivity index (χ1n) is 7.80. The van der Waals surface area contributed by atoms with Crippen molar-refractivity contribution in [3.8, 4) is 11.3 Å². The number of furan rings is 1. The van der Waals surface area contributed by atoms with Crippen molar-refractivity contribution in [1.29, 1.82) is 0 Å². The first-order valence-corrected chi connectivity index (χ1v) is 9.81. The molecule has 10 heteroatoms. The Balaban J connectivity index is 1.85. The van der Waals surface area contributed by atoms with E-state index in [1.54, 1.807) is 12.1 Å². The number of halogens is 1. The summed E-state index contributed by atoms with van der Waals surface area (Å²) >= 11 is 9.25. The maximum absolute atomic E-state index is 12.6. The Morgan fingerprint density at radius 3 is 2.50 bits per heavy atom. The van der Waals surface area contributed by atoms with Crippen molar-refractivity contribution in [1.82, 2.24) is 4.90 Å². The van der Waals surface area contributed by atoms with Gasteiger partial charge < -0.3 is 24.2 Å². The molecule has 1 aliphatic heterocycles. The fourth-order valence-electron chi connectivity index (χ4n) is 2.52. The minimum atomic E-state index is -1.74. The fourth-order valence-corrected chi connectivity index (χ4v) is 4.12. The Morgan fingerprint density at radius 2 is 1.89 bits per heavy atom. The van der Waals surface area contributed by atoms with E-state index in [4.69, 9.17) is 16.6 Å². The minimum Gasteiger partial charge on any atom is -0.550 e. The van der Waals surface area contributed by atoms with Crippen LogP contribution in [0.5, 0.6) is 0 Å². The molecular weight excluding hydrogens is 470 g/mol. The molecule has 1 fully saturated rings. The highest BCUT2D eigenvalue weighted by atomic mass is 79.9. The highest BCUT2D eigenvalue weighted by molar-refractivity contribution is 9.10. The molecule has 0 aliphatic carbocycles. The topological polar surface area (TPSA) is 114 Å². The number of carbonyl (C=O) groups is 3. The molecule has 2 aromatic rings. The van der Waals surface area contributed by atoms with Crippen LogP contribution in [0.25, 0.3) is 17.4 Å². The maximum Gasteiger partial charge on any atom is 0.266 e. The molecule has 0 unspecified atom stereocenters. The van der Waals surface area contributed by atoms with Crippen LogP contribution in [0.1, 0.15) is 12.2 Å². The molecule has 0 radical (unpaired) electrons. The second-order valence-electron chi connectivity index (χ2n) is 5.67. The van der Waals surface area contributed by atoms with E-state index < -0.39 is 30.3 Å². The number of thioether (sulfide) groups is 1. The highest BCUT2D eigenvalue weighted by Crippen LogP contribution is 2.35. The zero-order valence-corrected chi connectivity index (χ0v) is 17.1. The summed E-state index contributed by atoms with van der Waals surface area (Å²) in [5.74, 6) is -3.14. The molecule has 1 aliphatic rings. The molecule has 0 bridgehead atoms.